The van der Waals surface area contributed by atoms with Crippen molar-refractivity contribution in [2.24, 2.45) is 5.84 Å². The first-order chi connectivity index (χ1) is 9.22. The average Bonchev–Trinajstić information content (AvgIpc) is 2.46. The number of amides is 1. The first-order valence-corrected chi connectivity index (χ1v) is 6.00. The molecule has 0 heterocycles. The van der Waals surface area contributed by atoms with Crippen LogP contribution in [0.2, 0.25) is 0 Å². The van der Waals surface area contributed by atoms with E-state index in [4.69, 9.17) is 10.6 Å². The zero-order valence-electron chi connectivity index (χ0n) is 10.7. The summed E-state index contributed by atoms with van der Waals surface area (Å²) in [6, 6.07) is 16.8. The van der Waals surface area contributed by atoms with E-state index in [9.17, 15) is 4.79 Å². The lowest BCUT2D eigenvalue weighted by Crippen LogP contribution is -2.37. The van der Waals surface area contributed by atoms with Gasteiger partial charge in [-0.2, -0.15) is 0 Å². The lowest BCUT2D eigenvalue weighted by Gasteiger charge is -2.19. The monoisotopic (exact) mass is 256 g/mol. The van der Waals surface area contributed by atoms with E-state index in [1.54, 1.807) is 0 Å². The summed E-state index contributed by atoms with van der Waals surface area (Å²) in [6.07, 6.45) is -0.757. The second kappa shape index (κ2) is 6.02. The Hall–Kier alpha value is -2.33. The minimum Gasteiger partial charge on any atom is -0.475 e. The van der Waals surface area contributed by atoms with Crippen molar-refractivity contribution in [3.8, 4) is 5.75 Å². The third-order valence-electron chi connectivity index (χ3n) is 2.82. The molecule has 1 unspecified atom stereocenters. The maximum absolute atomic E-state index is 11.9. The number of ether oxygens (including phenoxy) is 1. The van der Waals surface area contributed by atoms with Gasteiger partial charge in [0.05, 0.1) is 0 Å². The van der Waals surface area contributed by atoms with E-state index in [1.165, 1.54) is 0 Å². The molecule has 0 aliphatic rings. The summed E-state index contributed by atoms with van der Waals surface area (Å²) >= 11 is 0. The van der Waals surface area contributed by atoms with E-state index in [0.29, 0.717) is 5.75 Å². The van der Waals surface area contributed by atoms with Crippen LogP contribution in [0.15, 0.2) is 54.6 Å². The molecule has 0 fully saturated rings. The molecule has 0 bridgehead atoms. The predicted molar refractivity (Wildman–Crippen MR) is 73.3 cm³/mol. The van der Waals surface area contributed by atoms with Crippen molar-refractivity contribution in [1.82, 2.24) is 5.43 Å². The smallest absolute Gasteiger partial charge is 0.279 e. The molecule has 2 rings (SSSR count). The van der Waals surface area contributed by atoms with Gasteiger partial charge in [-0.1, -0.05) is 48.5 Å². The highest BCUT2D eigenvalue weighted by Gasteiger charge is 2.22. The number of hydrogen-bond donors (Lipinski definition) is 2. The minimum absolute atomic E-state index is 0.380. The van der Waals surface area contributed by atoms with Crippen LogP contribution in [0.4, 0.5) is 0 Å². The molecule has 1 atom stereocenters. The largest absolute Gasteiger partial charge is 0.475 e. The molecule has 4 heteroatoms. The number of nitrogens with two attached hydrogens (primary N) is 1. The van der Waals surface area contributed by atoms with E-state index in [0.717, 1.165) is 11.1 Å². The Balaban J connectivity index is 2.30. The number of hydrazine groups is 1. The van der Waals surface area contributed by atoms with Gasteiger partial charge in [-0.05, 0) is 18.6 Å². The van der Waals surface area contributed by atoms with Crippen LogP contribution in [-0.4, -0.2) is 5.91 Å². The van der Waals surface area contributed by atoms with E-state index in [2.05, 4.69) is 5.43 Å². The molecule has 0 saturated heterocycles. The van der Waals surface area contributed by atoms with Crippen LogP contribution in [0.5, 0.6) is 5.75 Å². The number of hydrogen-bond acceptors (Lipinski definition) is 3. The number of nitrogens with one attached hydrogen (secondary N) is 1. The van der Waals surface area contributed by atoms with E-state index < -0.39 is 6.10 Å². The average molecular weight is 256 g/mol. The van der Waals surface area contributed by atoms with Crippen molar-refractivity contribution >= 4 is 5.91 Å². The Labute approximate surface area is 112 Å². The Morgan fingerprint density at radius 2 is 1.74 bits per heavy atom. The molecule has 2 aromatic rings. The summed E-state index contributed by atoms with van der Waals surface area (Å²) in [5.74, 6) is 5.51. The van der Waals surface area contributed by atoms with Crippen LogP contribution in [0.1, 0.15) is 17.2 Å². The predicted octanol–water partition coefficient (Wildman–Crippen LogP) is 2.11. The summed E-state index contributed by atoms with van der Waals surface area (Å²) in [7, 11) is 0. The van der Waals surface area contributed by atoms with Crippen molar-refractivity contribution in [3.05, 3.63) is 65.7 Å². The molecule has 3 N–H and O–H groups in total. The lowest BCUT2D eigenvalue weighted by molar-refractivity contribution is -0.128. The topological polar surface area (TPSA) is 64.3 Å². The number of carbonyl (C=O) groups excluding carboxylic acids is 1. The number of carbonyl (C=O) groups is 1. The maximum Gasteiger partial charge on any atom is 0.279 e. The Kier molecular flexibility index (Phi) is 4.15. The van der Waals surface area contributed by atoms with Crippen LogP contribution in [0, 0.1) is 6.92 Å². The van der Waals surface area contributed by atoms with Crippen molar-refractivity contribution in [3.63, 3.8) is 0 Å². The maximum atomic E-state index is 11.9. The van der Waals surface area contributed by atoms with Gasteiger partial charge in [0.2, 0.25) is 6.10 Å². The molecule has 0 aliphatic heterocycles. The summed E-state index contributed by atoms with van der Waals surface area (Å²) in [5, 5.41) is 0. The van der Waals surface area contributed by atoms with Crippen LogP contribution in [0.25, 0.3) is 0 Å². The van der Waals surface area contributed by atoms with E-state index >= 15 is 0 Å². The SMILES string of the molecule is Cc1ccccc1OC(C(=O)NN)c1ccccc1. The molecule has 4 nitrogen and oxygen atoms in total. The molecule has 0 aliphatic carbocycles. The number of benzene rings is 2. The van der Waals surface area contributed by atoms with Crippen LogP contribution >= 0.6 is 0 Å². The van der Waals surface area contributed by atoms with Crippen molar-refractivity contribution in [1.29, 1.82) is 0 Å². The fourth-order valence-electron chi connectivity index (χ4n) is 1.79. The van der Waals surface area contributed by atoms with Crippen molar-refractivity contribution in [2.45, 2.75) is 13.0 Å². The fraction of sp³-hybridized carbons (Fsp3) is 0.133. The van der Waals surface area contributed by atoms with Crippen molar-refractivity contribution in [2.75, 3.05) is 0 Å². The quantitative estimate of drug-likeness (QED) is 0.500. The normalized spacial score (nSPS) is 11.7. The first kappa shape index (κ1) is 13.1. The summed E-state index contributed by atoms with van der Waals surface area (Å²) in [4.78, 5) is 11.9. The summed E-state index contributed by atoms with van der Waals surface area (Å²) in [6.45, 7) is 1.93. The number of para-hydroxylation sites is 1. The molecule has 0 radical (unpaired) electrons. The standard InChI is InChI=1S/C15H16N2O2/c1-11-7-5-6-10-13(11)19-14(15(18)17-16)12-8-3-2-4-9-12/h2-10,14H,16H2,1H3,(H,17,18). The Morgan fingerprint density at radius 3 is 2.37 bits per heavy atom. The second-order valence-corrected chi connectivity index (χ2v) is 4.18. The molecular formula is C15H16N2O2. The van der Waals surface area contributed by atoms with Crippen LogP contribution < -0.4 is 16.0 Å². The molecule has 0 spiro atoms. The van der Waals surface area contributed by atoms with Gasteiger partial charge in [0.15, 0.2) is 0 Å². The fourth-order valence-corrected chi connectivity index (χ4v) is 1.79. The van der Waals surface area contributed by atoms with E-state index in [1.807, 2.05) is 61.5 Å². The van der Waals surface area contributed by atoms with E-state index in [-0.39, 0.29) is 5.91 Å². The van der Waals surface area contributed by atoms with Crippen molar-refractivity contribution < 1.29 is 9.53 Å². The summed E-state index contributed by atoms with van der Waals surface area (Å²) < 4.78 is 5.79. The van der Waals surface area contributed by atoms with Gasteiger partial charge in [0.1, 0.15) is 5.75 Å². The molecular weight excluding hydrogens is 240 g/mol. The van der Waals surface area contributed by atoms with Gasteiger partial charge in [-0.15, -0.1) is 0 Å². The van der Waals surface area contributed by atoms with Crippen LogP contribution in [0.3, 0.4) is 0 Å². The molecule has 19 heavy (non-hydrogen) atoms. The number of aryl methyl sites for hydroxylation is 1. The van der Waals surface area contributed by atoms with Gasteiger partial charge in [-0.3, -0.25) is 10.2 Å². The first-order valence-electron chi connectivity index (χ1n) is 6.00. The minimum atomic E-state index is -0.757. The van der Waals surface area contributed by atoms with Gasteiger partial charge < -0.3 is 4.74 Å². The zero-order chi connectivity index (χ0) is 13.7. The highest BCUT2D eigenvalue weighted by atomic mass is 16.5. The molecule has 98 valence electrons. The lowest BCUT2D eigenvalue weighted by atomic mass is 10.1. The summed E-state index contributed by atoms with van der Waals surface area (Å²) in [5.41, 5.74) is 3.86. The van der Waals surface area contributed by atoms with Crippen LogP contribution in [-0.2, 0) is 4.79 Å². The molecule has 0 saturated carbocycles. The molecule has 1 amide bonds. The van der Waals surface area contributed by atoms with Gasteiger partial charge in [-0.25, -0.2) is 5.84 Å². The van der Waals surface area contributed by atoms with Gasteiger partial charge >= 0.3 is 0 Å². The molecule has 0 aromatic heterocycles. The Bertz CT molecular complexity index is 555. The highest BCUT2D eigenvalue weighted by Crippen LogP contribution is 2.24. The third-order valence-corrected chi connectivity index (χ3v) is 2.82. The number of rotatable bonds is 4. The second-order valence-electron chi connectivity index (χ2n) is 4.18. The highest BCUT2D eigenvalue weighted by molar-refractivity contribution is 5.82. The van der Waals surface area contributed by atoms with Gasteiger partial charge in [0.25, 0.3) is 5.91 Å². The Morgan fingerprint density at radius 1 is 1.11 bits per heavy atom. The third kappa shape index (κ3) is 3.11. The zero-order valence-corrected chi connectivity index (χ0v) is 10.7. The molecule has 2 aromatic carbocycles. The van der Waals surface area contributed by atoms with Gasteiger partial charge in [0, 0.05) is 5.56 Å².